The average Bonchev–Trinajstić information content (AvgIpc) is 3.73. The van der Waals surface area contributed by atoms with Gasteiger partial charge in [0.1, 0.15) is 11.6 Å². The molecule has 2 aliphatic heterocycles. The van der Waals surface area contributed by atoms with Crippen LogP contribution in [0.1, 0.15) is 18.7 Å². The second-order valence-electron chi connectivity index (χ2n) is 10.2. The van der Waals surface area contributed by atoms with Crippen molar-refractivity contribution >= 4 is 45.7 Å². The van der Waals surface area contributed by atoms with Gasteiger partial charge in [-0.15, -0.1) is 0 Å². The van der Waals surface area contributed by atoms with Crippen LogP contribution in [0.2, 0.25) is 0 Å². The van der Waals surface area contributed by atoms with E-state index in [9.17, 15) is 4.79 Å². The first-order valence-electron chi connectivity index (χ1n) is 13.8. The topological polar surface area (TPSA) is 124 Å². The average molecular weight is 538 g/mol. The van der Waals surface area contributed by atoms with Gasteiger partial charge in [0, 0.05) is 58.4 Å². The molecule has 1 amide bonds. The minimum Gasteiger partial charge on any atom is -0.361 e. The Kier molecular flexibility index (Phi) is 6.34. The van der Waals surface area contributed by atoms with Crippen molar-refractivity contribution in [1.29, 1.82) is 0 Å². The fourth-order valence-electron chi connectivity index (χ4n) is 5.46. The summed E-state index contributed by atoms with van der Waals surface area (Å²) in [5.74, 6) is 3.37. The van der Waals surface area contributed by atoms with E-state index in [2.05, 4.69) is 30.1 Å². The molecule has 1 aromatic carbocycles. The molecule has 2 aliphatic rings. The summed E-state index contributed by atoms with van der Waals surface area (Å²) in [5.41, 5.74) is 3.40. The van der Waals surface area contributed by atoms with Crippen molar-refractivity contribution < 1.29 is 4.79 Å². The lowest BCUT2D eigenvalue weighted by atomic mass is 10.3. The Hall–Kier alpha value is -4.74. The molecule has 2 fully saturated rings. The molecule has 0 unspecified atom stereocenters. The van der Waals surface area contributed by atoms with E-state index in [1.54, 1.807) is 6.33 Å². The summed E-state index contributed by atoms with van der Waals surface area (Å²) in [7, 11) is 0. The number of anilines is 3. The van der Waals surface area contributed by atoms with Gasteiger partial charge in [0.05, 0.1) is 23.9 Å². The fourth-order valence-corrected chi connectivity index (χ4v) is 5.46. The third kappa shape index (κ3) is 4.76. The number of para-hydroxylation sites is 2. The molecular formula is C28H31N11O. The Morgan fingerprint density at radius 2 is 1.73 bits per heavy atom. The van der Waals surface area contributed by atoms with Crippen molar-refractivity contribution in [2.75, 3.05) is 54.4 Å². The number of pyridine rings is 1. The summed E-state index contributed by atoms with van der Waals surface area (Å²) in [4.78, 5) is 45.8. The Morgan fingerprint density at radius 1 is 0.875 bits per heavy atom. The molecule has 2 saturated heterocycles. The molecule has 0 radical (unpaired) electrons. The Morgan fingerprint density at radius 3 is 2.52 bits per heavy atom. The van der Waals surface area contributed by atoms with Crippen LogP contribution in [0.15, 0.2) is 55.0 Å². The lowest BCUT2D eigenvalue weighted by Gasteiger charge is -2.35. The molecule has 0 saturated carbocycles. The highest BCUT2D eigenvalue weighted by Crippen LogP contribution is 2.25. The highest BCUT2D eigenvalue weighted by atomic mass is 16.2. The zero-order chi connectivity index (χ0) is 26.9. The van der Waals surface area contributed by atoms with E-state index >= 15 is 0 Å². The number of benzene rings is 1. The van der Waals surface area contributed by atoms with Crippen molar-refractivity contribution in [3.8, 4) is 0 Å². The van der Waals surface area contributed by atoms with Crippen LogP contribution in [0.3, 0.4) is 0 Å². The number of piperazine rings is 1. The summed E-state index contributed by atoms with van der Waals surface area (Å²) < 4.78 is 2.03. The number of rotatable bonds is 8. The Labute approximate surface area is 231 Å². The molecule has 6 heterocycles. The van der Waals surface area contributed by atoms with Gasteiger partial charge in [-0.2, -0.15) is 9.97 Å². The predicted octanol–water partition coefficient (Wildman–Crippen LogP) is 2.66. The maximum absolute atomic E-state index is 12.2. The molecule has 204 valence electrons. The smallest absolute Gasteiger partial charge is 0.229 e. The number of imidazole rings is 2. The quantitative estimate of drug-likeness (QED) is 0.307. The van der Waals surface area contributed by atoms with Crippen molar-refractivity contribution in [3.05, 3.63) is 60.8 Å². The molecule has 12 nitrogen and oxygen atoms in total. The Balaban J connectivity index is 1.15. The standard InChI is InChI=1S/C28H31N11O/c40-24-9-5-11-37(24)14-17-39-19-31-25-26(30-18-22-32-20-6-1-2-7-21(20)33-22)34-28(35-27(25)39)38-15-12-36(13-16-38)23-8-3-4-10-29-23/h1-4,6-8,10,19H,5,9,11-18H2,(H,32,33)(H,30,34,35). The second kappa shape index (κ2) is 10.4. The van der Waals surface area contributed by atoms with Crippen molar-refractivity contribution in [2.24, 2.45) is 0 Å². The number of hydrogen-bond donors (Lipinski definition) is 2. The van der Waals surface area contributed by atoms with Crippen molar-refractivity contribution in [1.82, 2.24) is 39.4 Å². The van der Waals surface area contributed by atoms with Gasteiger partial charge in [0.2, 0.25) is 11.9 Å². The van der Waals surface area contributed by atoms with E-state index in [0.29, 0.717) is 43.3 Å². The van der Waals surface area contributed by atoms with Gasteiger partial charge in [0.25, 0.3) is 0 Å². The van der Waals surface area contributed by atoms with E-state index in [1.807, 2.05) is 58.1 Å². The number of likely N-dealkylation sites (tertiary alicyclic amines) is 1. The van der Waals surface area contributed by atoms with Crippen LogP contribution in [0.5, 0.6) is 0 Å². The Bertz CT molecular complexity index is 1610. The van der Waals surface area contributed by atoms with E-state index in [-0.39, 0.29) is 5.91 Å². The maximum Gasteiger partial charge on any atom is 0.229 e. The zero-order valence-corrected chi connectivity index (χ0v) is 22.2. The van der Waals surface area contributed by atoms with Gasteiger partial charge >= 0.3 is 0 Å². The van der Waals surface area contributed by atoms with E-state index in [1.165, 1.54) is 0 Å². The van der Waals surface area contributed by atoms with E-state index in [0.717, 1.165) is 67.5 Å². The number of carbonyl (C=O) groups is 1. The molecule has 40 heavy (non-hydrogen) atoms. The van der Waals surface area contributed by atoms with Crippen LogP contribution in [-0.4, -0.2) is 84.5 Å². The summed E-state index contributed by atoms with van der Waals surface area (Å²) in [5, 5.41) is 3.46. The maximum atomic E-state index is 12.2. The molecular weight excluding hydrogens is 506 g/mol. The highest BCUT2D eigenvalue weighted by molar-refractivity contribution is 5.84. The molecule has 5 aromatic rings. The third-order valence-electron chi connectivity index (χ3n) is 7.63. The van der Waals surface area contributed by atoms with Crippen molar-refractivity contribution in [2.45, 2.75) is 25.9 Å². The number of H-pyrrole nitrogens is 1. The van der Waals surface area contributed by atoms with Gasteiger partial charge in [-0.05, 0) is 30.7 Å². The first kappa shape index (κ1) is 24.3. The van der Waals surface area contributed by atoms with Gasteiger partial charge in [-0.25, -0.2) is 15.0 Å². The lowest BCUT2D eigenvalue weighted by molar-refractivity contribution is -0.127. The number of nitrogens with one attached hydrogen (secondary N) is 2. The normalized spacial score (nSPS) is 16.0. The van der Waals surface area contributed by atoms with Crippen LogP contribution in [0, 0.1) is 0 Å². The van der Waals surface area contributed by atoms with E-state index in [4.69, 9.17) is 15.0 Å². The van der Waals surface area contributed by atoms with Crippen LogP contribution in [0.25, 0.3) is 22.2 Å². The number of aromatic nitrogens is 7. The first-order valence-corrected chi connectivity index (χ1v) is 13.8. The van der Waals surface area contributed by atoms with Crippen LogP contribution < -0.4 is 15.1 Å². The number of nitrogens with zero attached hydrogens (tertiary/aromatic N) is 9. The monoisotopic (exact) mass is 537 g/mol. The molecule has 2 N–H and O–H groups in total. The first-order chi connectivity index (χ1) is 19.7. The van der Waals surface area contributed by atoms with Crippen LogP contribution in [0.4, 0.5) is 17.6 Å². The second-order valence-corrected chi connectivity index (χ2v) is 10.2. The highest BCUT2D eigenvalue weighted by Gasteiger charge is 2.24. The van der Waals surface area contributed by atoms with Crippen LogP contribution >= 0.6 is 0 Å². The molecule has 0 atom stereocenters. The third-order valence-corrected chi connectivity index (χ3v) is 7.63. The molecule has 0 bridgehead atoms. The van der Waals surface area contributed by atoms with Gasteiger partial charge in [-0.1, -0.05) is 18.2 Å². The summed E-state index contributed by atoms with van der Waals surface area (Å²) in [6.07, 6.45) is 5.19. The number of fused-ring (bicyclic) bond motifs is 2. The lowest BCUT2D eigenvalue weighted by Crippen LogP contribution is -2.47. The molecule has 0 aliphatic carbocycles. The number of hydrogen-bond acceptors (Lipinski definition) is 9. The SMILES string of the molecule is O=C1CCCN1CCn1cnc2c(NCc3nc4ccccc4[nH]3)nc(N3CCN(c4ccccn4)CC3)nc21. The fraction of sp³-hybridized carbons (Fsp3) is 0.357. The summed E-state index contributed by atoms with van der Waals surface area (Å²) in [6, 6.07) is 14.0. The predicted molar refractivity (Wildman–Crippen MR) is 153 cm³/mol. The molecule has 7 rings (SSSR count). The minimum atomic E-state index is 0.221. The molecule has 4 aromatic heterocycles. The molecule has 0 spiro atoms. The largest absolute Gasteiger partial charge is 0.361 e. The minimum absolute atomic E-state index is 0.221. The molecule has 12 heteroatoms. The zero-order valence-electron chi connectivity index (χ0n) is 22.2. The van der Waals surface area contributed by atoms with Crippen LogP contribution in [-0.2, 0) is 17.9 Å². The van der Waals surface area contributed by atoms with E-state index < -0.39 is 0 Å². The van der Waals surface area contributed by atoms with Gasteiger partial charge in [-0.3, -0.25) is 4.79 Å². The summed E-state index contributed by atoms with van der Waals surface area (Å²) in [6.45, 7) is 5.79. The summed E-state index contributed by atoms with van der Waals surface area (Å²) >= 11 is 0. The van der Waals surface area contributed by atoms with Gasteiger partial charge < -0.3 is 29.6 Å². The number of carbonyl (C=O) groups excluding carboxylic acids is 1. The van der Waals surface area contributed by atoms with Crippen molar-refractivity contribution in [3.63, 3.8) is 0 Å². The van der Waals surface area contributed by atoms with Gasteiger partial charge in [0.15, 0.2) is 17.0 Å². The number of amides is 1. The number of aromatic amines is 1.